The molecule has 0 saturated carbocycles. The molecule has 0 aliphatic carbocycles. The molecular weight excluding hydrogens is 1670 g/mol. The predicted octanol–water partition coefficient (Wildman–Crippen LogP) is 20.3. The predicted molar refractivity (Wildman–Crippen MR) is 492 cm³/mol. The normalized spacial score (nSPS) is 10.0. The number of hydrogen-bond acceptors (Lipinski definition) is 10. The van der Waals surface area contributed by atoms with Crippen molar-refractivity contribution in [1.29, 1.82) is 0 Å². The van der Waals surface area contributed by atoms with Crippen LogP contribution in [0.1, 0.15) is 0 Å². The van der Waals surface area contributed by atoms with Gasteiger partial charge in [0.15, 0.2) is 0 Å². The molecule has 20 heteroatoms. The van der Waals surface area contributed by atoms with Gasteiger partial charge < -0.3 is 30.6 Å². The van der Waals surface area contributed by atoms with E-state index in [2.05, 4.69) is 432 Å². The van der Waals surface area contributed by atoms with Crippen LogP contribution in [0.15, 0.2) is 462 Å². The summed E-state index contributed by atoms with van der Waals surface area (Å²) < 4.78 is 0. The molecule has 0 fully saturated rings. The minimum Gasteiger partial charge on any atom is -0.356 e. The van der Waals surface area contributed by atoms with Crippen molar-refractivity contribution in [3.63, 3.8) is 0 Å². The first-order chi connectivity index (χ1) is 56.6. The molecule has 12 nitrogen and oxygen atoms in total. The third kappa shape index (κ3) is 29.0. The van der Waals surface area contributed by atoms with Gasteiger partial charge in [-0.15, -0.1) is 23.2 Å². The van der Waals surface area contributed by atoms with E-state index < -0.39 is 41.9 Å². The van der Waals surface area contributed by atoms with E-state index >= 15 is 0 Å². The van der Waals surface area contributed by atoms with E-state index in [0.717, 1.165) is 43.6 Å². The second-order valence-corrected chi connectivity index (χ2v) is 34.0. The number of alkyl halides is 2. The molecule has 18 rings (SSSR count). The van der Waals surface area contributed by atoms with Crippen molar-refractivity contribution in [2.45, 2.75) is 0 Å². The van der Waals surface area contributed by atoms with Gasteiger partial charge in [0.05, 0.1) is 37.6 Å². The van der Waals surface area contributed by atoms with E-state index in [-0.39, 0.29) is 39.5 Å². The number of fused-ring (bicyclic) bond motifs is 6. The van der Waals surface area contributed by atoms with Crippen LogP contribution in [-0.4, -0.2) is 35.4 Å². The van der Waals surface area contributed by atoms with Crippen LogP contribution in [0.3, 0.4) is 0 Å². The van der Waals surface area contributed by atoms with Crippen LogP contribution in [0.4, 0.5) is 0 Å². The average Bonchev–Trinajstić information content (AvgIpc) is 0.805. The zero-order valence-corrected chi connectivity index (χ0v) is 69.8. The molecule has 0 N–H and O–H groups in total. The van der Waals surface area contributed by atoms with Crippen LogP contribution in [-0.2, 0) is 34.1 Å². The molecule has 0 radical (unpaired) electrons. The summed E-state index contributed by atoms with van der Waals surface area (Å²) in [7, 11) is -1.78. The van der Waals surface area contributed by atoms with Gasteiger partial charge in [-0.1, -0.05) is 413 Å². The Morgan fingerprint density at radius 2 is 0.299 bits per heavy atom. The standard InChI is InChI=1S/4C18H15P.2C12H8N2.CH2Cl2.2Cu.2NO3/c4*1-4-10-16(11-5-1)19(17-12-6-2-7-13-17)18-14-8-3-9-15-18;2*1-3-9-5-6-10-4-2-8-14-12(10)11(9)13-7-1;2-1-3;;;2*2-1(3)4/h4*1-15H;2*1-8H;1H2;;;;/q;;;;;;;2*+1;2*-1. The van der Waals surface area contributed by atoms with Gasteiger partial charge in [-0.3, -0.25) is 19.9 Å². The van der Waals surface area contributed by atoms with Crippen LogP contribution in [0.25, 0.3) is 43.6 Å². The van der Waals surface area contributed by atoms with Crippen molar-refractivity contribution in [3.8, 4) is 0 Å². The summed E-state index contributed by atoms with van der Waals surface area (Å²) in [6, 6.07) is 154. The third-order valence-electron chi connectivity index (χ3n) is 16.9. The number of benzene rings is 14. The number of nitrogens with zero attached hydrogens (tertiary/aromatic N) is 6. The molecule has 0 atom stereocenters. The monoisotopic (exact) mass is 1740 g/mol. The Labute approximate surface area is 718 Å². The van der Waals surface area contributed by atoms with E-state index in [1.54, 1.807) is 24.8 Å². The van der Waals surface area contributed by atoms with Gasteiger partial charge in [-0.05, 0) is 120 Å². The van der Waals surface area contributed by atoms with Gasteiger partial charge in [-0.25, -0.2) is 0 Å². The largest absolute Gasteiger partial charge is 1.00 e. The number of aromatic nitrogens is 4. The molecule has 588 valence electrons. The van der Waals surface area contributed by atoms with Gasteiger partial charge in [-0.2, -0.15) is 0 Å². The Kier molecular flexibility index (Phi) is 40.0. The summed E-state index contributed by atoms with van der Waals surface area (Å²) in [6.45, 7) is 0. The molecule has 0 unspecified atom stereocenters. The van der Waals surface area contributed by atoms with Crippen LogP contribution in [0.5, 0.6) is 0 Å². The summed E-state index contributed by atoms with van der Waals surface area (Å²) in [5.41, 5.74) is 3.91. The molecule has 14 aromatic carbocycles. The first kappa shape index (κ1) is 91.0. The molecule has 0 bridgehead atoms. The van der Waals surface area contributed by atoms with Crippen molar-refractivity contribution in [2.75, 3.05) is 5.34 Å². The van der Waals surface area contributed by atoms with Gasteiger partial charge in [0, 0.05) is 46.3 Å². The molecule has 0 aliphatic rings. The van der Waals surface area contributed by atoms with Crippen LogP contribution in [0, 0.1) is 30.6 Å². The first-order valence-electron chi connectivity index (χ1n) is 36.3. The van der Waals surface area contributed by atoms with E-state index in [9.17, 15) is 0 Å². The van der Waals surface area contributed by atoms with Crippen molar-refractivity contribution < 1.29 is 44.3 Å². The maximum Gasteiger partial charge on any atom is 1.00 e. The number of halogens is 2. The smallest absolute Gasteiger partial charge is 0.356 e. The van der Waals surface area contributed by atoms with E-state index in [1.165, 1.54) is 63.7 Å². The van der Waals surface area contributed by atoms with Crippen LogP contribution >= 0.6 is 54.9 Å². The first-order valence-corrected chi connectivity index (χ1v) is 42.7. The quantitative estimate of drug-likeness (QED) is 0.0285. The molecular formula is C97H78Cl2Cu2N6O6P4. The molecule has 0 spiro atoms. The van der Waals surface area contributed by atoms with Crippen molar-refractivity contribution in [2.24, 2.45) is 0 Å². The van der Waals surface area contributed by atoms with Crippen molar-refractivity contribution in [1.82, 2.24) is 19.9 Å². The zero-order chi connectivity index (χ0) is 80.3. The maximum atomic E-state index is 8.25. The number of hydrogen-bond donors (Lipinski definition) is 0. The Bertz CT molecular complexity index is 4710. The minimum atomic E-state index is -1.75. The summed E-state index contributed by atoms with van der Waals surface area (Å²) >= 11 is 9.53. The fraction of sp³-hybridized carbons (Fsp3) is 0.0103. The van der Waals surface area contributed by atoms with E-state index in [4.69, 9.17) is 53.8 Å². The average molecular weight is 1750 g/mol. The van der Waals surface area contributed by atoms with E-state index in [0.29, 0.717) is 0 Å². The van der Waals surface area contributed by atoms with E-state index in [1.807, 2.05) is 24.3 Å². The van der Waals surface area contributed by atoms with Crippen LogP contribution in [0.2, 0.25) is 0 Å². The van der Waals surface area contributed by atoms with Crippen LogP contribution < -0.4 is 63.7 Å². The number of pyridine rings is 4. The summed E-state index contributed by atoms with van der Waals surface area (Å²) in [5.74, 6) is 0. The Hall–Kier alpha value is -11.5. The van der Waals surface area contributed by atoms with Crippen molar-refractivity contribution >= 4 is 162 Å². The Balaban J connectivity index is 0.000000171. The molecule has 18 aromatic rings. The van der Waals surface area contributed by atoms with Gasteiger partial charge in [0.1, 0.15) is 0 Å². The second kappa shape index (κ2) is 51.4. The third-order valence-corrected chi connectivity index (χ3v) is 26.6. The Morgan fingerprint density at radius 1 is 0.197 bits per heavy atom. The fourth-order valence-electron chi connectivity index (χ4n) is 12.1. The van der Waals surface area contributed by atoms with Gasteiger partial charge in [0.25, 0.3) is 0 Å². The second-order valence-electron chi connectivity index (χ2n) is 24.3. The zero-order valence-electron chi connectivity index (χ0n) is 62.9. The van der Waals surface area contributed by atoms with Gasteiger partial charge in [0.2, 0.25) is 0 Å². The molecule has 4 heterocycles. The topological polar surface area (TPSA) is 184 Å². The SMILES string of the molecule is ClCCl.O=[N+]([O-])[O-].O=[N+]([O-])[O-].[Cu+].[Cu+].c1ccc(P(c2ccccc2)c2ccccc2)cc1.c1ccc(P(c2ccccc2)c2ccccc2)cc1.c1ccc(P(c2ccccc2)c2ccccc2)cc1.c1ccc(P(c2ccccc2)c2ccccc2)cc1.c1cnc2c(c1)ccc1cccnc12.c1cnc2c(c1)ccc1cccnc12. The molecule has 0 aliphatic heterocycles. The Morgan fingerprint density at radius 3 is 0.402 bits per heavy atom. The molecule has 117 heavy (non-hydrogen) atoms. The fourth-order valence-corrected chi connectivity index (χ4v) is 21.3. The number of rotatable bonds is 12. The maximum absolute atomic E-state index is 8.25. The van der Waals surface area contributed by atoms with Crippen molar-refractivity contribution in [3.05, 3.63) is 492 Å². The van der Waals surface area contributed by atoms with Gasteiger partial charge >= 0.3 is 34.1 Å². The summed E-state index contributed by atoms with van der Waals surface area (Å²) in [6.07, 6.45) is 7.21. The summed E-state index contributed by atoms with van der Waals surface area (Å²) in [4.78, 5) is 33.9. The minimum absolute atomic E-state index is 0. The molecule has 4 aromatic heterocycles. The summed E-state index contributed by atoms with van der Waals surface area (Å²) in [5, 5.41) is 51.0. The molecule has 0 amide bonds. The molecule has 0 saturated heterocycles.